The summed E-state index contributed by atoms with van der Waals surface area (Å²) < 4.78 is 11.8. The van der Waals surface area contributed by atoms with Gasteiger partial charge in [0.05, 0.1) is 18.0 Å². The largest absolute Gasteiger partial charge is 0.469 e. The first-order chi connectivity index (χ1) is 10.2. The summed E-state index contributed by atoms with van der Waals surface area (Å²) in [6.45, 7) is 4.90. The van der Waals surface area contributed by atoms with Gasteiger partial charge in [0.1, 0.15) is 11.5 Å². The van der Waals surface area contributed by atoms with Gasteiger partial charge in [0.2, 0.25) is 0 Å². The first kappa shape index (κ1) is 12.4. The lowest BCUT2D eigenvalue weighted by atomic mass is 10.2. The van der Waals surface area contributed by atoms with E-state index in [0.29, 0.717) is 0 Å². The van der Waals surface area contributed by atoms with E-state index in [9.17, 15) is 0 Å². The number of nitrogens with zero attached hydrogens (tertiary/aromatic N) is 2. The van der Waals surface area contributed by atoms with Crippen molar-refractivity contribution in [2.45, 2.75) is 26.3 Å². The number of benzene rings is 2. The van der Waals surface area contributed by atoms with Gasteiger partial charge >= 0.3 is 0 Å². The molecule has 4 nitrogen and oxygen atoms in total. The molecule has 2 aromatic carbocycles. The fraction of sp³-hybridized carbons (Fsp3) is 0.294. The zero-order chi connectivity index (χ0) is 14.4. The van der Waals surface area contributed by atoms with E-state index in [4.69, 9.17) is 9.47 Å². The van der Waals surface area contributed by atoms with Gasteiger partial charge in [0.15, 0.2) is 12.5 Å². The minimum atomic E-state index is 0.0300. The number of fused-ring (bicyclic) bond motifs is 2. The van der Waals surface area contributed by atoms with Crippen LogP contribution in [0.4, 0.5) is 11.4 Å². The summed E-state index contributed by atoms with van der Waals surface area (Å²) in [5, 5.41) is 0. The fourth-order valence-corrected chi connectivity index (χ4v) is 3.02. The smallest absolute Gasteiger partial charge is 0.171 e. The Hall–Kier alpha value is -2.36. The van der Waals surface area contributed by atoms with E-state index in [1.165, 1.54) is 0 Å². The van der Waals surface area contributed by atoms with Gasteiger partial charge in [-0.05, 0) is 38.1 Å². The Labute approximate surface area is 124 Å². The highest BCUT2D eigenvalue weighted by Gasteiger charge is 2.33. The maximum absolute atomic E-state index is 5.91. The second-order valence-corrected chi connectivity index (χ2v) is 5.45. The molecule has 0 aromatic heterocycles. The highest BCUT2D eigenvalue weighted by molar-refractivity contribution is 5.66. The average Bonchev–Trinajstić information content (AvgIpc) is 2.97. The third-order valence-electron chi connectivity index (χ3n) is 4.13. The molecule has 21 heavy (non-hydrogen) atoms. The molecule has 2 aliphatic heterocycles. The van der Waals surface area contributed by atoms with E-state index in [0.717, 1.165) is 29.5 Å². The lowest BCUT2D eigenvalue weighted by molar-refractivity contribution is 0.224. The molecule has 2 aliphatic rings. The third-order valence-corrected chi connectivity index (χ3v) is 4.13. The van der Waals surface area contributed by atoms with E-state index >= 15 is 0 Å². The summed E-state index contributed by atoms with van der Waals surface area (Å²) in [5.41, 5.74) is 2.28. The quantitative estimate of drug-likeness (QED) is 0.842. The van der Waals surface area contributed by atoms with E-state index in [-0.39, 0.29) is 12.5 Å². The second kappa shape index (κ2) is 4.58. The van der Waals surface area contributed by atoms with Gasteiger partial charge in [-0.15, -0.1) is 0 Å². The predicted octanol–water partition coefficient (Wildman–Crippen LogP) is 3.43. The Morgan fingerprint density at radius 3 is 1.67 bits per heavy atom. The minimum Gasteiger partial charge on any atom is -0.469 e. The molecular weight excluding hydrogens is 264 g/mol. The van der Waals surface area contributed by atoms with Crippen molar-refractivity contribution in [3.63, 3.8) is 0 Å². The maximum Gasteiger partial charge on any atom is 0.171 e. The molecule has 0 aliphatic carbocycles. The van der Waals surface area contributed by atoms with Crippen LogP contribution in [-0.4, -0.2) is 19.1 Å². The summed E-state index contributed by atoms with van der Waals surface area (Å²) in [6.07, 6.45) is 0.0599. The van der Waals surface area contributed by atoms with Gasteiger partial charge < -0.3 is 19.3 Å². The van der Waals surface area contributed by atoms with Gasteiger partial charge in [0, 0.05) is 0 Å². The molecular formula is C17H18N2O2. The summed E-state index contributed by atoms with van der Waals surface area (Å²) in [4.78, 5) is 4.52. The van der Waals surface area contributed by atoms with Gasteiger partial charge in [0.25, 0.3) is 0 Å². The number of rotatable bonds is 2. The van der Waals surface area contributed by atoms with Crippen molar-refractivity contribution in [3.05, 3.63) is 48.5 Å². The Kier molecular flexibility index (Phi) is 2.70. The molecule has 108 valence electrons. The molecule has 0 N–H and O–H groups in total. The van der Waals surface area contributed by atoms with Crippen molar-refractivity contribution in [3.8, 4) is 11.5 Å². The molecule has 4 heteroatoms. The summed E-state index contributed by atoms with van der Waals surface area (Å²) in [5.74, 6) is 1.90. The summed E-state index contributed by atoms with van der Waals surface area (Å²) in [7, 11) is 0. The van der Waals surface area contributed by atoms with Crippen molar-refractivity contribution in [1.82, 2.24) is 0 Å². The zero-order valence-corrected chi connectivity index (χ0v) is 12.2. The zero-order valence-electron chi connectivity index (χ0n) is 12.2. The Balaban J connectivity index is 1.65. The van der Waals surface area contributed by atoms with Crippen LogP contribution >= 0.6 is 0 Å². The standard InChI is InChI=1S/C17H18N2O2/c1-12-18(14-7-3-5-9-16(14)20-12)11-19-13(2)21-17-10-6-4-8-15(17)19/h3-10,12-13H,11H2,1-2H3/t12-,13+. The normalized spacial score (nSPS) is 22.6. The molecule has 0 spiro atoms. The van der Waals surface area contributed by atoms with Crippen molar-refractivity contribution in [1.29, 1.82) is 0 Å². The molecule has 2 aromatic rings. The first-order valence-corrected chi connectivity index (χ1v) is 7.29. The van der Waals surface area contributed by atoms with E-state index in [1.54, 1.807) is 0 Å². The van der Waals surface area contributed by atoms with Crippen LogP contribution in [-0.2, 0) is 0 Å². The summed E-state index contributed by atoms with van der Waals surface area (Å²) in [6, 6.07) is 16.3. The maximum atomic E-state index is 5.91. The van der Waals surface area contributed by atoms with Gasteiger partial charge in [-0.1, -0.05) is 24.3 Å². The van der Waals surface area contributed by atoms with Crippen LogP contribution in [0.15, 0.2) is 48.5 Å². The molecule has 2 atom stereocenters. The number of para-hydroxylation sites is 4. The molecule has 0 radical (unpaired) electrons. The van der Waals surface area contributed by atoms with Gasteiger partial charge in [-0.2, -0.15) is 0 Å². The van der Waals surface area contributed by atoms with E-state index in [2.05, 4.69) is 35.8 Å². The molecule has 0 fully saturated rings. The lowest BCUT2D eigenvalue weighted by Crippen LogP contribution is -2.45. The van der Waals surface area contributed by atoms with Crippen molar-refractivity contribution in [2.24, 2.45) is 0 Å². The number of ether oxygens (including phenoxy) is 2. The molecule has 0 bridgehead atoms. The molecule has 0 saturated heterocycles. The van der Waals surface area contributed by atoms with Crippen molar-refractivity contribution >= 4 is 11.4 Å². The molecule has 0 amide bonds. The third kappa shape index (κ3) is 1.90. The SMILES string of the molecule is C[C@@H]1Oc2ccccc2N1CN1c2ccccc2O[C@@H]1C. The lowest BCUT2D eigenvalue weighted by Gasteiger charge is -2.31. The molecule has 2 heterocycles. The fourth-order valence-electron chi connectivity index (χ4n) is 3.02. The van der Waals surface area contributed by atoms with Crippen LogP contribution in [0.5, 0.6) is 11.5 Å². The van der Waals surface area contributed by atoms with E-state index in [1.807, 2.05) is 36.4 Å². The van der Waals surface area contributed by atoms with Crippen LogP contribution in [0.3, 0.4) is 0 Å². The number of hydrogen-bond donors (Lipinski definition) is 0. The van der Waals surface area contributed by atoms with Gasteiger partial charge in [-0.3, -0.25) is 0 Å². The molecule has 4 rings (SSSR count). The van der Waals surface area contributed by atoms with E-state index < -0.39 is 0 Å². The topological polar surface area (TPSA) is 24.9 Å². The second-order valence-electron chi connectivity index (χ2n) is 5.45. The van der Waals surface area contributed by atoms with Crippen LogP contribution in [0.1, 0.15) is 13.8 Å². The molecule has 0 saturated carbocycles. The highest BCUT2D eigenvalue weighted by atomic mass is 16.5. The average molecular weight is 282 g/mol. The monoisotopic (exact) mass is 282 g/mol. The van der Waals surface area contributed by atoms with Crippen LogP contribution < -0.4 is 19.3 Å². The van der Waals surface area contributed by atoms with Crippen LogP contribution in [0, 0.1) is 0 Å². The van der Waals surface area contributed by atoms with Crippen LogP contribution in [0.2, 0.25) is 0 Å². The number of hydrogen-bond acceptors (Lipinski definition) is 4. The predicted molar refractivity (Wildman–Crippen MR) is 82.9 cm³/mol. The van der Waals surface area contributed by atoms with Gasteiger partial charge in [-0.25, -0.2) is 0 Å². The number of anilines is 2. The van der Waals surface area contributed by atoms with Crippen molar-refractivity contribution < 1.29 is 9.47 Å². The Bertz CT molecular complexity index is 616. The Morgan fingerprint density at radius 1 is 0.762 bits per heavy atom. The highest BCUT2D eigenvalue weighted by Crippen LogP contribution is 2.40. The van der Waals surface area contributed by atoms with Crippen molar-refractivity contribution in [2.75, 3.05) is 16.5 Å². The first-order valence-electron chi connectivity index (χ1n) is 7.29. The summed E-state index contributed by atoms with van der Waals surface area (Å²) >= 11 is 0. The Morgan fingerprint density at radius 2 is 1.19 bits per heavy atom. The minimum absolute atomic E-state index is 0.0300. The van der Waals surface area contributed by atoms with Crippen LogP contribution in [0.25, 0.3) is 0 Å². The molecule has 0 unspecified atom stereocenters.